The minimum Gasteiger partial charge on any atom is -0.508 e. The van der Waals surface area contributed by atoms with Crippen molar-refractivity contribution in [3.8, 4) is 5.75 Å². The van der Waals surface area contributed by atoms with Gasteiger partial charge in [-0.15, -0.1) is 0 Å². The van der Waals surface area contributed by atoms with E-state index in [4.69, 9.17) is 17.2 Å². The summed E-state index contributed by atoms with van der Waals surface area (Å²) in [5.74, 6) is -2.63. The zero-order valence-electron chi connectivity index (χ0n) is 17.9. The van der Waals surface area contributed by atoms with Crippen molar-refractivity contribution in [3.05, 3.63) is 29.3 Å². The van der Waals surface area contributed by atoms with Gasteiger partial charge in [0.15, 0.2) is 0 Å². The van der Waals surface area contributed by atoms with Gasteiger partial charge in [-0.1, -0.05) is 6.07 Å². The summed E-state index contributed by atoms with van der Waals surface area (Å²) in [5, 5.41) is 14.7. The lowest BCUT2D eigenvalue weighted by Crippen LogP contribution is -2.50. The molecule has 0 aliphatic heterocycles. The lowest BCUT2D eigenvalue weighted by molar-refractivity contribution is -0.133. The molecule has 1 unspecified atom stereocenters. The van der Waals surface area contributed by atoms with E-state index >= 15 is 0 Å². The summed E-state index contributed by atoms with van der Waals surface area (Å²) < 4.78 is 0. The number of carbonyl (C=O) groups excluding carboxylic acids is 4. The molecule has 0 heterocycles. The average molecular weight is 436 g/mol. The van der Waals surface area contributed by atoms with E-state index in [0.29, 0.717) is 25.8 Å². The zero-order chi connectivity index (χ0) is 23.4. The molecule has 0 aliphatic carbocycles. The second-order valence-corrected chi connectivity index (χ2v) is 7.49. The number of aromatic hydroxyl groups is 1. The first-order valence-electron chi connectivity index (χ1n) is 10.2. The van der Waals surface area contributed by atoms with Crippen LogP contribution in [0, 0.1) is 12.8 Å². The minimum absolute atomic E-state index is 0.0823. The third-order valence-corrected chi connectivity index (χ3v) is 4.88. The number of hydrogen-bond acceptors (Lipinski definition) is 7. The Morgan fingerprint density at radius 3 is 2.39 bits per heavy atom. The highest BCUT2D eigenvalue weighted by Gasteiger charge is 2.27. The van der Waals surface area contributed by atoms with Crippen molar-refractivity contribution in [2.24, 2.45) is 23.1 Å². The van der Waals surface area contributed by atoms with E-state index in [1.54, 1.807) is 19.1 Å². The molecule has 9 N–H and O–H groups in total. The molecule has 0 aromatic heterocycles. The summed E-state index contributed by atoms with van der Waals surface area (Å²) in [6.45, 7) is 1.69. The number of phenols is 1. The van der Waals surface area contributed by atoms with Gasteiger partial charge in [0.2, 0.25) is 17.7 Å². The Balaban J connectivity index is 2.99. The highest BCUT2D eigenvalue weighted by atomic mass is 16.3. The number of nitrogens with two attached hydrogens (primary N) is 3. The molecule has 0 bridgehead atoms. The summed E-state index contributed by atoms with van der Waals surface area (Å²) in [4.78, 5) is 48.4. The summed E-state index contributed by atoms with van der Waals surface area (Å²) >= 11 is 0. The number of carbonyl (C=O) groups is 4. The molecule has 2 atom stereocenters. The number of primary amides is 1. The molecule has 3 amide bonds. The molecule has 0 radical (unpaired) electrons. The Morgan fingerprint density at radius 2 is 1.81 bits per heavy atom. The molecule has 1 aromatic carbocycles. The predicted molar refractivity (Wildman–Crippen MR) is 116 cm³/mol. The van der Waals surface area contributed by atoms with E-state index in [9.17, 15) is 24.3 Å². The van der Waals surface area contributed by atoms with Crippen molar-refractivity contribution in [2.45, 2.75) is 45.1 Å². The number of benzene rings is 1. The molecule has 0 saturated carbocycles. The molecule has 172 valence electrons. The molecule has 0 saturated heterocycles. The molecule has 0 fully saturated rings. The SMILES string of the molecule is Cc1cc(O)ccc1C[C@H](CC(=O)CN)C(=O)NC(CCCCN)C(=O)NCC(N)=O. The number of nitrogens with one attached hydrogen (secondary N) is 2. The maximum atomic E-state index is 13.0. The van der Waals surface area contributed by atoms with E-state index in [1.165, 1.54) is 6.07 Å². The van der Waals surface area contributed by atoms with E-state index in [-0.39, 0.29) is 37.5 Å². The molecular formula is C21H33N5O5. The van der Waals surface area contributed by atoms with Crippen LogP contribution in [-0.4, -0.2) is 54.3 Å². The van der Waals surface area contributed by atoms with Gasteiger partial charge >= 0.3 is 0 Å². The first kappa shape index (κ1) is 26.1. The van der Waals surface area contributed by atoms with Crippen molar-refractivity contribution in [1.82, 2.24) is 10.6 Å². The van der Waals surface area contributed by atoms with Crippen LogP contribution in [0.4, 0.5) is 0 Å². The number of hydrogen-bond donors (Lipinski definition) is 6. The van der Waals surface area contributed by atoms with Gasteiger partial charge in [-0.2, -0.15) is 0 Å². The summed E-state index contributed by atoms with van der Waals surface area (Å²) in [6.07, 6.45) is 1.73. The lowest BCUT2D eigenvalue weighted by Gasteiger charge is -2.22. The predicted octanol–water partition coefficient (Wildman–Crippen LogP) is -1.01. The Hall–Kier alpha value is -2.98. The van der Waals surface area contributed by atoms with Crippen molar-refractivity contribution >= 4 is 23.5 Å². The van der Waals surface area contributed by atoms with E-state index in [2.05, 4.69) is 10.6 Å². The van der Waals surface area contributed by atoms with Gasteiger partial charge in [0, 0.05) is 12.3 Å². The maximum absolute atomic E-state index is 13.0. The monoisotopic (exact) mass is 435 g/mol. The van der Waals surface area contributed by atoms with Crippen LogP contribution >= 0.6 is 0 Å². The van der Waals surface area contributed by atoms with Gasteiger partial charge < -0.3 is 32.9 Å². The third kappa shape index (κ3) is 9.58. The lowest BCUT2D eigenvalue weighted by atomic mass is 9.90. The molecule has 10 nitrogen and oxygen atoms in total. The normalized spacial score (nSPS) is 12.6. The number of ketones is 1. The molecule has 0 spiro atoms. The number of aryl methyl sites for hydroxylation is 1. The van der Waals surface area contributed by atoms with Crippen molar-refractivity contribution < 1.29 is 24.3 Å². The van der Waals surface area contributed by atoms with Gasteiger partial charge in [0.1, 0.15) is 17.6 Å². The molecular weight excluding hydrogens is 402 g/mol. The summed E-state index contributed by atoms with van der Waals surface area (Å²) in [6, 6.07) is 3.88. The quantitative estimate of drug-likeness (QED) is 0.202. The molecule has 1 aromatic rings. The standard InChI is InChI=1S/C21H33N5O5/c1-13-8-16(27)6-5-14(13)9-15(10-17(28)11-23)20(30)26-18(4-2-3-7-22)21(31)25-12-19(24)29/h5-6,8,15,18,27H,2-4,7,9-12,22-23H2,1H3,(H2,24,29)(H,25,31)(H,26,30)/t15-,18?/m1/s1. The van der Waals surface area contributed by atoms with Gasteiger partial charge in [0.25, 0.3) is 0 Å². The molecule has 10 heteroatoms. The van der Waals surface area contributed by atoms with Crippen LogP contribution < -0.4 is 27.8 Å². The number of rotatable bonds is 14. The smallest absolute Gasteiger partial charge is 0.243 e. The van der Waals surface area contributed by atoms with Crippen molar-refractivity contribution in [2.75, 3.05) is 19.6 Å². The Bertz CT molecular complexity index is 783. The Labute approximate surface area is 181 Å². The summed E-state index contributed by atoms with van der Waals surface area (Å²) in [5.41, 5.74) is 17.6. The van der Waals surface area contributed by atoms with Crippen LogP contribution in [-0.2, 0) is 25.6 Å². The van der Waals surface area contributed by atoms with Crippen LogP contribution in [0.3, 0.4) is 0 Å². The molecule has 0 aliphatic rings. The van der Waals surface area contributed by atoms with Gasteiger partial charge in [-0.3, -0.25) is 19.2 Å². The maximum Gasteiger partial charge on any atom is 0.243 e. The fourth-order valence-electron chi connectivity index (χ4n) is 3.14. The van der Waals surface area contributed by atoms with Gasteiger partial charge in [0.05, 0.1) is 13.1 Å². The van der Waals surface area contributed by atoms with Gasteiger partial charge in [-0.05, 0) is 62.4 Å². The number of unbranched alkanes of at least 4 members (excludes halogenated alkanes) is 1. The van der Waals surface area contributed by atoms with Crippen LogP contribution in [0.5, 0.6) is 5.75 Å². The highest BCUT2D eigenvalue weighted by molar-refractivity contribution is 5.92. The van der Waals surface area contributed by atoms with Crippen molar-refractivity contribution in [1.29, 1.82) is 0 Å². The van der Waals surface area contributed by atoms with Gasteiger partial charge in [-0.25, -0.2) is 0 Å². The zero-order valence-corrected chi connectivity index (χ0v) is 17.9. The number of phenolic OH excluding ortho intramolecular Hbond substituents is 1. The average Bonchev–Trinajstić information content (AvgIpc) is 2.72. The van der Waals surface area contributed by atoms with Crippen LogP contribution in [0.1, 0.15) is 36.8 Å². The van der Waals surface area contributed by atoms with Crippen LogP contribution in [0.2, 0.25) is 0 Å². The molecule has 1 rings (SSSR count). The largest absolute Gasteiger partial charge is 0.508 e. The Morgan fingerprint density at radius 1 is 1.10 bits per heavy atom. The topological polar surface area (TPSA) is 191 Å². The fraction of sp³-hybridized carbons (Fsp3) is 0.524. The molecule has 31 heavy (non-hydrogen) atoms. The Kier molecular flexibility index (Phi) is 11.2. The van der Waals surface area contributed by atoms with E-state index in [0.717, 1.165) is 11.1 Å². The van der Waals surface area contributed by atoms with E-state index < -0.39 is 29.7 Å². The third-order valence-electron chi connectivity index (χ3n) is 4.88. The second kappa shape index (κ2) is 13.3. The first-order valence-corrected chi connectivity index (χ1v) is 10.2. The highest BCUT2D eigenvalue weighted by Crippen LogP contribution is 2.21. The summed E-state index contributed by atoms with van der Waals surface area (Å²) in [7, 11) is 0. The van der Waals surface area contributed by atoms with E-state index in [1.807, 2.05) is 0 Å². The van der Waals surface area contributed by atoms with Crippen molar-refractivity contribution in [3.63, 3.8) is 0 Å². The number of amides is 3. The number of Topliss-reactive ketones (excluding diaryl/α,β-unsaturated/α-hetero) is 1. The minimum atomic E-state index is -0.894. The first-order chi connectivity index (χ1) is 14.7. The fourth-order valence-corrected chi connectivity index (χ4v) is 3.14. The van der Waals surface area contributed by atoms with Crippen LogP contribution in [0.25, 0.3) is 0 Å². The second-order valence-electron chi connectivity index (χ2n) is 7.49. The van der Waals surface area contributed by atoms with Crippen LogP contribution in [0.15, 0.2) is 18.2 Å².